The van der Waals surface area contributed by atoms with E-state index in [2.05, 4.69) is 5.32 Å². The van der Waals surface area contributed by atoms with E-state index in [-0.39, 0.29) is 18.7 Å². The Morgan fingerprint density at radius 3 is 2.52 bits per heavy atom. The molecule has 2 N–H and O–H groups in total. The van der Waals surface area contributed by atoms with Crippen molar-refractivity contribution in [2.24, 2.45) is 5.41 Å². The van der Waals surface area contributed by atoms with Crippen LogP contribution in [0.1, 0.15) is 32.8 Å². The second-order valence-electron chi connectivity index (χ2n) is 6.51. The SMILES string of the molecule is CC(C)Oc1ccc(CNC(=O)N2CCC(C)(C(=O)O)C2)cc1. The van der Waals surface area contributed by atoms with E-state index < -0.39 is 11.4 Å². The maximum Gasteiger partial charge on any atom is 0.317 e. The van der Waals surface area contributed by atoms with Crippen LogP contribution in [0.25, 0.3) is 0 Å². The molecule has 6 nitrogen and oxygen atoms in total. The second kappa shape index (κ2) is 6.89. The normalized spacial score (nSPS) is 20.6. The largest absolute Gasteiger partial charge is 0.491 e. The Morgan fingerprint density at radius 1 is 1.35 bits per heavy atom. The van der Waals surface area contributed by atoms with Gasteiger partial charge < -0.3 is 20.1 Å². The lowest BCUT2D eigenvalue weighted by atomic mass is 9.90. The topological polar surface area (TPSA) is 78.9 Å². The maximum absolute atomic E-state index is 12.1. The molecule has 1 fully saturated rings. The summed E-state index contributed by atoms with van der Waals surface area (Å²) in [5.41, 5.74) is 0.127. The number of ether oxygens (including phenoxy) is 1. The fourth-order valence-corrected chi connectivity index (χ4v) is 2.56. The first-order chi connectivity index (χ1) is 10.8. The molecule has 1 aromatic rings. The third kappa shape index (κ3) is 4.37. The van der Waals surface area contributed by atoms with E-state index in [1.807, 2.05) is 38.1 Å². The number of benzene rings is 1. The van der Waals surface area contributed by atoms with Gasteiger partial charge in [0.2, 0.25) is 0 Å². The van der Waals surface area contributed by atoms with Crippen LogP contribution in [0, 0.1) is 5.41 Å². The van der Waals surface area contributed by atoms with Crippen LogP contribution in [0.15, 0.2) is 24.3 Å². The van der Waals surface area contributed by atoms with Gasteiger partial charge in [-0.05, 0) is 44.9 Å². The monoisotopic (exact) mass is 320 g/mol. The Bertz CT molecular complexity index is 570. The minimum atomic E-state index is -0.853. The summed E-state index contributed by atoms with van der Waals surface area (Å²) in [5.74, 6) is -0.0552. The molecule has 2 amide bonds. The van der Waals surface area contributed by atoms with Crippen LogP contribution >= 0.6 is 0 Å². The summed E-state index contributed by atoms with van der Waals surface area (Å²) in [5, 5.41) is 12.0. The maximum atomic E-state index is 12.1. The van der Waals surface area contributed by atoms with Gasteiger partial charge >= 0.3 is 12.0 Å². The van der Waals surface area contributed by atoms with Crippen molar-refractivity contribution in [3.8, 4) is 5.75 Å². The minimum Gasteiger partial charge on any atom is -0.491 e. The summed E-state index contributed by atoms with van der Waals surface area (Å²) in [4.78, 5) is 24.9. The third-order valence-electron chi connectivity index (χ3n) is 4.02. The predicted octanol–water partition coefficient (Wildman–Crippen LogP) is 2.48. The zero-order chi connectivity index (χ0) is 17.0. The van der Waals surface area contributed by atoms with Crippen molar-refractivity contribution in [3.05, 3.63) is 29.8 Å². The van der Waals surface area contributed by atoms with E-state index in [0.717, 1.165) is 11.3 Å². The number of amides is 2. The standard InChI is InChI=1S/C17H24N2O4/c1-12(2)23-14-6-4-13(5-7-14)10-18-16(22)19-9-8-17(3,11-19)15(20)21/h4-7,12H,8-11H2,1-3H3,(H,18,22)(H,20,21). The van der Waals surface area contributed by atoms with Crippen LogP contribution in [0.3, 0.4) is 0 Å². The number of hydrogen-bond donors (Lipinski definition) is 2. The van der Waals surface area contributed by atoms with Gasteiger partial charge in [0.1, 0.15) is 5.75 Å². The fraction of sp³-hybridized carbons (Fsp3) is 0.529. The van der Waals surface area contributed by atoms with Crippen molar-refractivity contribution < 1.29 is 19.4 Å². The molecule has 1 heterocycles. The molecule has 6 heteroatoms. The molecule has 1 saturated heterocycles. The van der Waals surface area contributed by atoms with Gasteiger partial charge in [0, 0.05) is 19.6 Å². The molecule has 1 unspecified atom stereocenters. The summed E-state index contributed by atoms with van der Waals surface area (Å²) in [6.07, 6.45) is 0.607. The van der Waals surface area contributed by atoms with E-state index in [1.165, 1.54) is 0 Å². The lowest BCUT2D eigenvalue weighted by Gasteiger charge is -2.20. The van der Waals surface area contributed by atoms with E-state index in [1.54, 1.807) is 11.8 Å². The molecule has 1 atom stereocenters. The van der Waals surface area contributed by atoms with Gasteiger partial charge in [0.15, 0.2) is 0 Å². The van der Waals surface area contributed by atoms with Gasteiger partial charge in [-0.1, -0.05) is 12.1 Å². The first-order valence-electron chi connectivity index (χ1n) is 7.82. The summed E-state index contributed by atoms with van der Waals surface area (Å²) < 4.78 is 5.57. The smallest absolute Gasteiger partial charge is 0.317 e. The number of carbonyl (C=O) groups is 2. The number of carbonyl (C=O) groups excluding carboxylic acids is 1. The first-order valence-corrected chi connectivity index (χ1v) is 7.82. The molecule has 1 aliphatic rings. The molecule has 0 spiro atoms. The minimum absolute atomic E-state index is 0.124. The second-order valence-corrected chi connectivity index (χ2v) is 6.51. The van der Waals surface area contributed by atoms with Crippen molar-refractivity contribution in [2.75, 3.05) is 13.1 Å². The van der Waals surface area contributed by atoms with Crippen molar-refractivity contribution in [3.63, 3.8) is 0 Å². The Balaban J connectivity index is 1.84. The molecule has 0 aliphatic carbocycles. The number of nitrogens with one attached hydrogen (secondary N) is 1. The van der Waals surface area contributed by atoms with Gasteiger partial charge in [-0.25, -0.2) is 4.79 Å². The highest BCUT2D eigenvalue weighted by atomic mass is 16.5. The lowest BCUT2D eigenvalue weighted by Crippen LogP contribution is -2.40. The number of aliphatic carboxylic acids is 1. The number of rotatable bonds is 5. The van der Waals surface area contributed by atoms with Crippen molar-refractivity contribution in [1.82, 2.24) is 10.2 Å². The van der Waals surface area contributed by atoms with Gasteiger partial charge in [-0.3, -0.25) is 4.79 Å². The van der Waals surface area contributed by atoms with Crippen molar-refractivity contribution in [2.45, 2.75) is 39.8 Å². The molecule has 23 heavy (non-hydrogen) atoms. The molecular formula is C17H24N2O4. The van der Waals surface area contributed by atoms with Crippen LogP contribution in [-0.4, -0.2) is 41.2 Å². The number of carboxylic acids is 1. The number of likely N-dealkylation sites (tertiary alicyclic amines) is 1. The molecule has 126 valence electrons. The molecule has 1 aromatic carbocycles. The van der Waals surface area contributed by atoms with E-state index in [9.17, 15) is 14.7 Å². The summed E-state index contributed by atoms with van der Waals surface area (Å²) >= 11 is 0. The number of nitrogens with zero attached hydrogens (tertiary/aromatic N) is 1. The van der Waals surface area contributed by atoms with Gasteiger partial charge in [0.25, 0.3) is 0 Å². The molecule has 0 aromatic heterocycles. The van der Waals surface area contributed by atoms with Crippen LogP contribution < -0.4 is 10.1 Å². The van der Waals surface area contributed by atoms with E-state index in [0.29, 0.717) is 19.5 Å². The molecule has 0 bridgehead atoms. The highest BCUT2D eigenvalue weighted by molar-refractivity contribution is 5.79. The van der Waals surface area contributed by atoms with Crippen molar-refractivity contribution >= 4 is 12.0 Å². The fourth-order valence-electron chi connectivity index (χ4n) is 2.56. The summed E-state index contributed by atoms with van der Waals surface area (Å²) in [7, 11) is 0. The Kier molecular flexibility index (Phi) is 5.13. The van der Waals surface area contributed by atoms with Crippen LogP contribution in [0.4, 0.5) is 4.79 Å². The first kappa shape index (κ1) is 17.1. The van der Waals surface area contributed by atoms with E-state index in [4.69, 9.17) is 4.74 Å². The zero-order valence-electron chi connectivity index (χ0n) is 13.8. The molecule has 0 radical (unpaired) electrons. The molecular weight excluding hydrogens is 296 g/mol. The lowest BCUT2D eigenvalue weighted by molar-refractivity contribution is -0.147. The number of hydrogen-bond acceptors (Lipinski definition) is 3. The number of carboxylic acid groups (broad SMARTS) is 1. The van der Waals surface area contributed by atoms with E-state index >= 15 is 0 Å². The van der Waals surface area contributed by atoms with Crippen LogP contribution in [-0.2, 0) is 11.3 Å². The average Bonchev–Trinajstić information content (AvgIpc) is 2.90. The summed E-state index contributed by atoms with van der Waals surface area (Å²) in [6, 6.07) is 7.34. The Hall–Kier alpha value is -2.24. The molecule has 1 aliphatic heterocycles. The average molecular weight is 320 g/mol. The van der Waals surface area contributed by atoms with Crippen LogP contribution in [0.5, 0.6) is 5.75 Å². The van der Waals surface area contributed by atoms with Crippen LogP contribution in [0.2, 0.25) is 0 Å². The zero-order valence-corrected chi connectivity index (χ0v) is 13.8. The summed E-state index contributed by atoms with van der Waals surface area (Å²) in [6.45, 7) is 6.73. The van der Waals surface area contributed by atoms with Gasteiger partial charge in [-0.15, -0.1) is 0 Å². The highest BCUT2D eigenvalue weighted by Gasteiger charge is 2.42. The van der Waals surface area contributed by atoms with Crippen molar-refractivity contribution in [1.29, 1.82) is 0 Å². The molecule has 0 saturated carbocycles. The quantitative estimate of drug-likeness (QED) is 0.873. The Morgan fingerprint density at radius 2 is 2.00 bits per heavy atom. The Labute approximate surface area is 136 Å². The highest BCUT2D eigenvalue weighted by Crippen LogP contribution is 2.30. The number of urea groups is 1. The van der Waals surface area contributed by atoms with Gasteiger partial charge in [0.05, 0.1) is 11.5 Å². The predicted molar refractivity (Wildman–Crippen MR) is 86.4 cm³/mol. The molecule has 2 rings (SSSR count). The third-order valence-corrected chi connectivity index (χ3v) is 4.02. The van der Waals surface area contributed by atoms with Gasteiger partial charge in [-0.2, -0.15) is 0 Å².